The summed E-state index contributed by atoms with van der Waals surface area (Å²) in [5.41, 5.74) is 1.05. The monoisotopic (exact) mass is 300 g/mol. The standard InChI is InChI=1S/C14H20N2O3.ClH/c1-18-12-4-2-11(3-5-12)9-16-14(17)8-13-10-15-6-7-19-13;/h2-5,13,15H,6-10H2,1H3,(H,16,17);1H. The zero-order valence-electron chi connectivity index (χ0n) is 11.6. The first-order chi connectivity index (χ1) is 9.28. The molecule has 1 heterocycles. The Morgan fingerprint density at radius 1 is 1.45 bits per heavy atom. The summed E-state index contributed by atoms with van der Waals surface area (Å²) in [6.45, 7) is 2.82. The number of methoxy groups -OCH3 is 1. The summed E-state index contributed by atoms with van der Waals surface area (Å²) >= 11 is 0. The number of hydrogen-bond donors (Lipinski definition) is 2. The van der Waals surface area contributed by atoms with Gasteiger partial charge in [0, 0.05) is 19.6 Å². The lowest BCUT2D eigenvalue weighted by Gasteiger charge is -2.23. The van der Waals surface area contributed by atoms with Crippen LogP contribution in [-0.2, 0) is 16.1 Å². The maximum absolute atomic E-state index is 11.8. The number of morpholine rings is 1. The van der Waals surface area contributed by atoms with Crippen LogP contribution in [0.4, 0.5) is 0 Å². The third-order valence-corrected chi connectivity index (χ3v) is 3.07. The van der Waals surface area contributed by atoms with Crippen LogP contribution in [0.5, 0.6) is 5.75 Å². The van der Waals surface area contributed by atoms with Gasteiger partial charge in [0.25, 0.3) is 0 Å². The molecular weight excluding hydrogens is 280 g/mol. The van der Waals surface area contributed by atoms with Gasteiger partial charge in [0.2, 0.25) is 5.91 Å². The number of amides is 1. The number of carbonyl (C=O) groups excluding carboxylic acids is 1. The normalized spacial score (nSPS) is 17.9. The lowest BCUT2D eigenvalue weighted by molar-refractivity contribution is -0.124. The van der Waals surface area contributed by atoms with Crippen molar-refractivity contribution in [1.82, 2.24) is 10.6 Å². The molecule has 1 amide bonds. The molecule has 112 valence electrons. The Morgan fingerprint density at radius 2 is 2.20 bits per heavy atom. The summed E-state index contributed by atoms with van der Waals surface area (Å²) in [5, 5.41) is 6.10. The van der Waals surface area contributed by atoms with Crippen molar-refractivity contribution < 1.29 is 14.3 Å². The molecule has 1 saturated heterocycles. The van der Waals surface area contributed by atoms with Gasteiger partial charge in [-0.25, -0.2) is 0 Å². The van der Waals surface area contributed by atoms with E-state index in [2.05, 4.69) is 10.6 Å². The Balaban J connectivity index is 0.00000200. The van der Waals surface area contributed by atoms with Gasteiger partial charge >= 0.3 is 0 Å². The predicted octanol–water partition coefficient (Wildman–Crippen LogP) is 1.11. The van der Waals surface area contributed by atoms with E-state index < -0.39 is 0 Å². The Morgan fingerprint density at radius 3 is 2.80 bits per heavy atom. The fraction of sp³-hybridized carbons (Fsp3) is 0.500. The minimum atomic E-state index is -0.00961. The summed E-state index contributed by atoms with van der Waals surface area (Å²) in [5.74, 6) is 0.835. The Labute approximate surface area is 125 Å². The quantitative estimate of drug-likeness (QED) is 0.855. The maximum atomic E-state index is 11.8. The molecule has 0 aliphatic carbocycles. The highest BCUT2D eigenvalue weighted by atomic mass is 35.5. The van der Waals surface area contributed by atoms with Gasteiger partial charge in [0.1, 0.15) is 5.75 Å². The number of benzene rings is 1. The number of carbonyl (C=O) groups is 1. The van der Waals surface area contributed by atoms with Crippen LogP contribution in [0.25, 0.3) is 0 Å². The average molecular weight is 301 g/mol. The number of ether oxygens (including phenoxy) is 2. The molecule has 0 radical (unpaired) electrons. The summed E-state index contributed by atoms with van der Waals surface area (Å²) in [4.78, 5) is 11.8. The first-order valence-electron chi connectivity index (χ1n) is 6.50. The van der Waals surface area contributed by atoms with Crippen molar-refractivity contribution in [3.05, 3.63) is 29.8 Å². The molecule has 2 N–H and O–H groups in total. The van der Waals surface area contributed by atoms with Crippen LogP contribution in [0.2, 0.25) is 0 Å². The molecular formula is C14H21ClN2O3. The van der Waals surface area contributed by atoms with Crippen LogP contribution in [-0.4, -0.2) is 38.8 Å². The van der Waals surface area contributed by atoms with Crippen LogP contribution in [0.1, 0.15) is 12.0 Å². The van der Waals surface area contributed by atoms with Gasteiger partial charge in [-0.1, -0.05) is 12.1 Å². The summed E-state index contributed by atoms with van der Waals surface area (Å²) in [6, 6.07) is 7.65. The minimum absolute atomic E-state index is 0. The molecule has 1 aliphatic heterocycles. The van der Waals surface area contributed by atoms with Crippen molar-refractivity contribution in [3.8, 4) is 5.75 Å². The van der Waals surface area contributed by atoms with Crippen molar-refractivity contribution in [3.63, 3.8) is 0 Å². The van der Waals surface area contributed by atoms with E-state index in [0.717, 1.165) is 24.4 Å². The van der Waals surface area contributed by atoms with E-state index in [4.69, 9.17) is 9.47 Å². The number of halogens is 1. The average Bonchev–Trinajstić information content (AvgIpc) is 2.47. The molecule has 6 heteroatoms. The van der Waals surface area contributed by atoms with Gasteiger partial charge < -0.3 is 20.1 Å². The number of nitrogens with one attached hydrogen (secondary N) is 2. The Bertz CT molecular complexity index is 405. The van der Waals surface area contributed by atoms with E-state index >= 15 is 0 Å². The molecule has 1 fully saturated rings. The Hall–Kier alpha value is -1.30. The smallest absolute Gasteiger partial charge is 0.222 e. The van der Waals surface area contributed by atoms with Gasteiger partial charge in [-0.2, -0.15) is 0 Å². The second-order valence-electron chi connectivity index (χ2n) is 4.53. The molecule has 1 atom stereocenters. The van der Waals surface area contributed by atoms with Crippen LogP contribution in [0, 0.1) is 0 Å². The summed E-state index contributed by atoms with van der Waals surface area (Å²) in [6.07, 6.45) is 0.396. The van der Waals surface area contributed by atoms with Gasteiger partial charge in [0.15, 0.2) is 0 Å². The van der Waals surface area contributed by atoms with Crippen molar-refractivity contribution in [2.24, 2.45) is 0 Å². The van der Waals surface area contributed by atoms with Gasteiger partial charge in [-0.3, -0.25) is 4.79 Å². The third-order valence-electron chi connectivity index (χ3n) is 3.07. The lowest BCUT2D eigenvalue weighted by atomic mass is 10.2. The van der Waals surface area contributed by atoms with Crippen molar-refractivity contribution in [2.75, 3.05) is 26.8 Å². The van der Waals surface area contributed by atoms with E-state index in [1.165, 1.54) is 0 Å². The number of rotatable bonds is 5. The van der Waals surface area contributed by atoms with Crippen LogP contribution >= 0.6 is 12.4 Å². The molecule has 20 heavy (non-hydrogen) atoms. The highest BCUT2D eigenvalue weighted by molar-refractivity contribution is 5.85. The molecule has 0 bridgehead atoms. The minimum Gasteiger partial charge on any atom is -0.497 e. The van der Waals surface area contributed by atoms with Crippen molar-refractivity contribution >= 4 is 18.3 Å². The number of hydrogen-bond acceptors (Lipinski definition) is 4. The molecule has 1 unspecified atom stereocenters. The zero-order valence-corrected chi connectivity index (χ0v) is 12.4. The van der Waals surface area contributed by atoms with E-state index in [-0.39, 0.29) is 24.4 Å². The maximum Gasteiger partial charge on any atom is 0.222 e. The summed E-state index contributed by atoms with van der Waals surface area (Å²) < 4.78 is 10.6. The van der Waals surface area contributed by atoms with Gasteiger partial charge in [-0.15, -0.1) is 12.4 Å². The third kappa shape index (κ3) is 5.36. The van der Waals surface area contributed by atoms with E-state index in [0.29, 0.717) is 19.6 Å². The second kappa shape index (κ2) is 8.79. The SMILES string of the molecule is COc1ccc(CNC(=O)CC2CNCCO2)cc1.Cl. The highest BCUT2D eigenvalue weighted by Gasteiger charge is 2.16. The first kappa shape index (κ1) is 16.8. The summed E-state index contributed by atoms with van der Waals surface area (Å²) in [7, 11) is 1.63. The largest absolute Gasteiger partial charge is 0.497 e. The fourth-order valence-electron chi connectivity index (χ4n) is 1.97. The van der Waals surface area contributed by atoms with Crippen molar-refractivity contribution in [1.29, 1.82) is 0 Å². The molecule has 2 rings (SSSR count). The van der Waals surface area contributed by atoms with Gasteiger partial charge in [0.05, 0.1) is 26.2 Å². The predicted molar refractivity (Wildman–Crippen MR) is 79.3 cm³/mol. The molecule has 1 aromatic carbocycles. The first-order valence-corrected chi connectivity index (χ1v) is 6.50. The van der Waals surface area contributed by atoms with Crippen LogP contribution < -0.4 is 15.4 Å². The topological polar surface area (TPSA) is 59.6 Å². The molecule has 1 aliphatic rings. The lowest BCUT2D eigenvalue weighted by Crippen LogP contribution is -2.41. The van der Waals surface area contributed by atoms with Crippen LogP contribution in [0.15, 0.2) is 24.3 Å². The molecule has 0 saturated carbocycles. The zero-order chi connectivity index (χ0) is 13.5. The van der Waals surface area contributed by atoms with Gasteiger partial charge in [-0.05, 0) is 17.7 Å². The van der Waals surface area contributed by atoms with Crippen molar-refractivity contribution in [2.45, 2.75) is 19.1 Å². The fourth-order valence-corrected chi connectivity index (χ4v) is 1.97. The highest BCUT2D eigenvalue weighted by Crippen LogP contribution is 2.11. The molecule has 1 aromatic rings. The molecule has 0 aromatic heterocycles. The van der Waals surface area contributed by atoms with Crippen LogP contribution in [0.3, 0.4) is 0 Å². The second-order valence-corrected chi connectivity index (χ2v) is 4.53. The molecule has 0 spiro atoms. The van der Waals surface area contributed by atoms with E-state index in [1.807, 2.05) is 24.3 Å². The molecule has 5 nitrogen and oxygen atoms in total. The van der Waals surface area contributed by atoms with E-state index in [9.17, 15) is 4.79 Å². The Kier molecular flexibility index (Phi) is 7.36. The van der Waals surface area contributed by atoms with E-state index in [1.54, 1.807) is 7.11 Å².